The van der Waals surface area contributed by atoms with Gasteiger partial charge in [-0.1, -0.05) is 6.92 Å². The van der Waals surface area contributed by atoms with Gasteiger partial charge in [0.15, 0.2) is 11.6 Å². The number of benzene rings is 1. The van der Waals surface area contributed by atoms with Crippen LogP contribution in [0.4, 0.5) is 13.6 Å². The number of nitrogens with zero attached hydrogens (tertiary/aromatic N) is 1. The standard InChI is InChI=1S/C17H20F2N2O2/c1-9-11-7-12(18)14(19)10-5-6-21(15(10)11)8-13(9)20-16(22)23-17(2,3)4/h5-7,9,13H,8H2,1-4H3,(H,20,22)/t9?,13-/m1/s1. The van der Waals surface area contributed by atoms with Gasteiger partial charge in [0, 0.05) is 24.0 Å². The van der Waals surface area contributed by atoms with Gasteiger partial charge in [-0.25, -0.2) is 13.6 Å². The summed E-state index contributed by atoms with van der Waals surface area (Å²) in [5, 5.41) is 3.11. The molecule has 0 spiro atoms. The van der Waals surface area contributed by atoms with Crippen LogP contribution >= 0.6 is 0 Å². The Morgan fingerprint density at radius 3 is 2.74 bits per heavy atom. The van der Waals surface area contributed by atoms with Crippen LogP contribution in [0.1, 0.15) is 39.2 Å². The lowest BCUT2D eigenvalue weighted by Crippen LogP contribution is -2.45. The maximum Gasteiger partial charge on any atom is 0.407 e. The van der Waals surface area contributed by atoms with Gasteiger partial charge in [-0.2, -0.15) is 0 Å². The third-order valence-corrected chi connectivity index (χ3v) is 4.15. The van der Waals surface area contributed by atoms with Crippen LogP contribution in [-0.4, -0.2) is 22.3 Å². The molecule has 0 fully saturated rings. The highest BCUT2D eigenvalue weighted by Crippen LogP contribution is 2.36. The SMILES string of the molecule is CC1c2cc(F)c(F)c3ccn(c23)C[C@H]1NC(=O)OC(C)(C)C. The highest BCUT2D eigenvalue weighted by Gasteiger charge is 2.32. The van der Waals surface area contributed by atoms with Crippen molar-refractivity contribution < 1.29 is 18.3 Å². The summed E-state index contributed by atoms with van der Waals surface area (Å²) in [5.74, 6) is -1.84. The fourth-order valence-electron chi connectivity index (χ4n) is 3.08. The number of carbonyl (C=O) groups excluding carboxylic acids is 1. The Morgan fingerprint density at radius 1 is 1.39 bits per heavy atom. The van der Waals surface area contributed by atoms with E-state index in [2.05, 4.69) is 5.32 Å². The van der Waals surface area contributed by atoms with Crippen LogP contribution in [0.25, 0.3) is 10.9 Å². The smallest absolute Gasteiger partial charge is 0.407 e. The summed E-state index contributed by atoms with van der Waals surface area (Å²) in [6.07, 6.45) is 1.20. The number of carbonyl (C=O) groups is 1. The van der Waals surface area contributed by atoms with Crippen molar-refractivity contribution in [3.8, 4) is 0 Å². The lowest BCUT2D eigenvalue weighted by Gasteiger charge is -2.32. The van der Waals surface area contributed by atoms with Crippen molar-refractivity contribution in [1.29, 1.82) is 0 Å². The van der Waals surface area contributed by atoms with Crippen molar-refractivity contribution in [1.82, 2.24) is 9.88 Å². The van der Waals surface area contributed by atoms with E-state index in [1.54, 1.807) is 33.0 Å². The highest BCUT2D eigenvalue weighted by molar-refractivity contribution is 5.85. The topological polar surface area (TPSA) is 43.3 Å². The van der Waals surface area contributed by atoms with Crippen molar-refractivity contribution in [2.75, 3.05) is 0 Å². The maximum atomic E-state index is 13.9. The van der Waals surface area contributed by atoms with Crippen molar-refractivity contribution in [3.63, 3.8) is 0 Å². The van der Waals surface area contributed by atoms with Crippen molar-refractivity contribution in [2.45, 2.75) is 51.8 Å². The third kappa shape index (κ3) is 2.78. The molecule has 23 heavy (non-hydrogen) atoms. The number of alkyl carbamates (subject to hydrolysis) is 1. The summed E-state index contributed by atoms with van der Waals surface area (Å²) in [5.41, 5.74) is 0.797. The van der Waals surface area contributed by atoms with Crippen LogP contribution in [0.2, 0.25) is 0 Å². The van der Waals surface area contributed by atoms with Crippen LogP contribution in [0.3, 0.4) is 0 Å². The molecule has 0 bridgehead atoms. The Balaban J connectivity index is 1.91. The van der Waals surface area contributed by atoms with Crippen molar-refractivity contribution >= 4 is 17.0 Å². The summed E-state index contributed by atoms with van der Waals surface area (Å²) in [7, 11) is 0. The van der Waals surface area contributed by atoms with E-state index in [4.69, 9.17) is 4.74 Å². The monoisotopic (exact) mass is 322 g/mol. The van der Waals surface area contributed by atoms with Gasteiger partial charge in [0.05, 0.1) is 11.6 Å². The number of hydrogen-bond acceptors (Lipinski definition) is 2. The van der Waals surface area contributed by atoms with E-state index in [0.29, 0.717) is 17.6 Å². The van der Waals surface area contributed by atoms with E-state index in [9.17, 15) is 13.6 Å². The molecular formula is C17H20F2N2O2. The molecule has 4 nitrogen and oxygen atoms in total. The number of aromatic nitrogens is 1. The van der Waals surface area contributed by atoms with Crippen LogP contribution in [0, 0.1) is 11.6 Å². The van der Waals surface area contributed by atoms with Gasteiger partial charge < -0.3 is 14.6 Å². The largest absolute Gasteiger partial charge is 0.444 e. The Bertz CT molecular complexity index is 777. The Morgan fingerprint density at radius 2 is 2.09 bits per heavy atom. The second-order valence-electron chi connectivity index (χ2n) is 7.03. The molecule has 1 amide bonds. The first-order chi connectivity index (χ1) is 10.7. The lowest BCUT2D eigenvalue weighted by molar-refractivity contribution is 0.0491. The maximum absolute atomic E-state index is 13.9. The molecule has 2 heterocycles. The van der Waals surface area contributed by atoms with Crippen LogP contribution in [0.5, 0.6) is 0 Å². The molecule has 2 atom stereocenters. The van der Waals surface area contributed by atoms with Gasteiger partial charge in [0.2, 0.25) is 0 Å². The summed E-state index contributed by atoms with van der Waals surface area (Å²) in [6.45, 7) is 7.76. The minimum atomic E-state index is -0.866. The zero-order chi connectivity index (χ0) is 16.9. The van der Waals surface area contributed by atoms with E-state index in [1.807, 2.05) is 11.5 Å². The van der Waals surface area contributed by atoms with Crippen LogP contribution in [0.15, 0.2) is 18.3 Å². The molecule has 1 aromatic carbocycles. The quantitative estimate of drug-likeness (QED) is 0.864. The molecule has 1 aliphatic heterocycles. The predicted octanol–water partition coefficient (Wildman–Crippen LogP) is 3.93. The summed E-state index contributed by atoms with van der Waals surface area (Å²) >= 11 is 0. The van der Waals surface area contributed by atoms with Gasteiger partial charge in [0.25, 0.3) is 0 Å². The molecule has 1 unspecified atom stereocenters. The van der Waals surface area contributed by atoms with Gasteiger partial charge in [0.1, 0.15) is 5.60 Å². The van der Waals surface area contributed by atoms with Crippen molar-refractivity contribution in [2.24, 2.45) is 0 Å². The zero-order valence-corrected chi connectivity index (χ0v) is 13.6. The normalized spacial score (nSPS) is 20.6. The average molecular weight is 322 g/mol. The van der Waals surface area contributed by atoms with E-state index in [-0.39, 0.29) is 17.3 Å². The number of nitrogens with one attached hydrogen (secondary N) is 1. The second-order valence-corrected chi connectivity index (χ2v) is 7.03. The fraction of sp³-hybridized carbons (Fsp3) is 0.471. The second kappa shape index (κ2) is 5.22. The predicted molar refractivity (Wildman–Crippen MR) is 83.4 cm³/mol. The van der Waals surface area contributed by atoms with Crippen LogP contribution < -0.4 is 5.32 Å². The van der Waals surface area contributed by atoms with Crippen LogP contribution in [-0.2, 0) is 11.3 Å². The molecule has 0 saturated carbocycles. The Kier molecular flexibility index (Phi) is 3.58. The first-order valence-corrected chi connectivity index (χ1v) is 7.63. The molecule has 0 aliphatic carbocycles. The number of amides is 1. The molecule has 0 radical (unpaired) electrons. The van der Waals surface area contributed by atoms with E-state index in [1.165, 1.54) is 6.07 Å². The number of hydrogen-bond donors (Lipinski definition) is 1. The third-order valence-electron chi connectivity index (χ3n) is 4.15. The molecule has 124 valence electrons. The molecule has 1 aliphatic rings. The summed E-state index contributed by atoms with van der Waals surface area (Å²) in [6, 6.07) is 2.54. The van der Waals surface area contributed by atoms with Gasteiger partial charge in [-0.05, 0) is 38.5 Å². The first kappa shape index (κ1) is 15.8. The molecule has 0 saturated heterocycles. The number of rotatable bonds is 1. The Labute approximate surface area is 133 Å². The first-order valence-electron chi connectivity index (χ1n) is 7.63. The van der Waals surface area contributed by atoms with Gasteiger partial charge >= 0.3 is 6.09 Å². The summed E-state index contributed by atoms with van der Waals surface area (Å²) in [4.78, 5) is 12.0. The highest BCUT2D eigenvalue weighted by atomic mass is 19.2. The van der Waals surface area contributed by atoms with E-state index in [0.717, 1.165) is 0 Å². The van der Waals surface area contributed by atoms with Crippen molar-refractivity contribution in [3.05, 3.63) is 35.5 Å². The fourth-order valence-corrected chi connectivity index (χ4v) is 3.08. The molecule has 1 N–H and O–H groups in total. The minimum absolute atomic E-state index is 0.150. The molecule has 3 rings (SSSR count). The van der Waals surface area contributed by atoms with E-state index >= 15 is 0 Å². The minimum Gasteiger partial charge on any atom is -0.444 e. The molecule has 1 aromatic heterocycles. The molecule has 2 aromatic rings. The average Bonchev–Trinajstić information content (AvgIpc) is 2.83. The molecular weight excluding hydrogens is 302 g/mol. The van der Waals surface area contributed by atoms with Gasteiger partial charge in [-0.15, -0.1) is 0 Å². The summed E-state index contributed by atoms with van der Waals surface area (Å²) < 4.78 is 34.8. The Hall–Kier alpha value is -2.11. The van der Waals surface area contributed by atoms with E-state index < -0.39 is 23.3 Å². The van der Waals surface area contributed by atoms with Gasteiger partial charge in [-0.3, -0.25) is 0 Å². The molecule has 6 heteroatoms. The lowest BCUT2D eigenvalue weighted by atomic mass is 9.89. The number of halogens is 2. The number of ether oxygens (including phenoxy) is 1. The zero-order valence-electron chi connectivity index (χ0n) is 13.6.